The molecule has 3 nitrogen and oxygen atoms in total. The summed E-state index contributed by atoms with van der Waals surface area (Å²) in [4.78, 5) is 13.0. The Morgan fingerprint density at radius 2 is 1.21 bits per heavy atom. The predicted octanol–water partition coefficient (Wildman–Crippen LogP) is 7.62. The van der Waals surface area contributed by atoms with Gasteiger partial charge in [0, 0.05) is 25.7 Å². The lowest BCUT2D eigenvalue weighted by atomic mass is 10.0. The average molecular weight is 404 g/mol. The largest absolute Gasteiger partial charge is 0.481 e. The lowest BCUT2D eigenvalue weighted by molar-refractivity contribution is -0.136. The van der Waals surface area contributed by atoms with Gasteiger partial charge in [-0.3, -0.25) is 4.79 Å². The Morgan fingerprint density at radius 3 is 1.66 bits per heavy atom. The number of carbonyl (C=O) groups is 1. The molecule has 0 aliphatic rings. The fraction of sp³-hybridized carbons (Fsp3) is 0.731. The van der Waals surface area contributed by atoms with Crippen LogP contribution in [0.1, 0.15) is 109 Å². The Labute approximate surface area is 179 Å². The highest BCUT2D eigenvalue weighted by molar-refractivity contribution is 5.67. The minimum absolute atomic E-state index is 0.203. The third kappa shape index (κ3) is 14.2. The number of carboxylic acids is 1. The smallest absolute Gasteiger partial charge is 0.303 e. The van der Waals surface area contributed by atoms with Crippen LogP contribution in [0.2, 0.25) is 0 Å². The Hall–Kier alpha value is -1.51. The third-order valence-corrected chi connectivity index (χ3v) is 5.85. The minimum atomic E-state index is -0.732. The van der Waals surface area contributed by atoms with Crippen LogP contribution in [0.15, 0.2) is 24.3 Å². The first-order valence-electron chi connectivity index (χ1n) is 12.2. The van der Waals surface area contributed by atoms with E-state index in [4.69, 9.17) is 5.11 Å². The maximum Gasteiger partial charge on any atom is 0.303 e. The summed E-state index contributed by atoms with van der Waals surface area (Å²) < 4.78 is 0. The standard InChI is InChI=1S/C26H45NO2/c1-3-4-5-6-7-8-9-10-11-12-13-14-15-16-23-27(2)25-20-17-24(18-21-25)19-22-26(28)29/h17-18,20-21H,3-16,19,22-23H2,1-2H3,(H,28,29). The van der Waals surface area contributed by atoms with Crippen molar-refractivity contribution in [1.29, 1.82) is 0 Å². The molecule has 1 aromatic rings. The lowest BCUT2D eigenvalue weighted by Gasteiger charge is -2.19. The average Bonchev–Trinajstić information content (AvgIpc) is 2.72. The molecule has 0 amide bonds. The number of anilines is 1. The Kier molecular flexibility index (Phi) is 15.3. The van der Waals surface area contributed by atoms with Crippen molar-refractivity contribution in [2.45, 2.75) is 110 Å². The van der Waals surface area contributed by atoms with Crippen LogP contribution in [0, 0.1) is 0 Å². The number of aliphatic carboxylic acids is 1. The van der Waals surface area contributed by atoms with E-state index in [1.54, 1.807) is 0 Å². The van der Waals surface area contributed by atoms with Crippen LogP contribution in [0.4, 0.5) is 5.69 Å². The molecule has 29 heavy (non-hydrogen) atoms. The first-order chi connectivity index (χ1) is 14.1. The highest BCUT2D eigenvalue weighted by atomic mass is 16.4. The first kappa shape index (κ1) is 25.5. The molecule has 0 aromatic heterocycles. The molecular weight excluding hydrogens is 358 g/mol. The normalized spacial score (nSPS) is 11.0. The van der Waals surface area contributed by atoms with E-state index in [1.165, 1.54) is 95.6 Å². The van der Waals surface area contributed by atoms with Crippen molar-refractivity contribution in [3.05, 3.63) is 29.8 Å². The summed E-state index contributed by atoms with van der Waals surface area (Å²) in [6, 6.07) is 8.34. The summed E-state index contributed by atoms with van der Waals surface area (Å²) in [6.07, 6.45) is 20.3. The summed E-state index contributed by atoms with van der Waals surface area (Å²) in [5, 5.41) is 8.77. The van der Waals surface area contributed by atoms with Crippen molar-refractivity contribution in [2.24, 2.45) is 0 Å². The molecule has 0 bridgehead atoms. The molecule has 0 saturated heterocycles. The quantitative estimate of drug-likeness (QED) is 0.241. The zero-order chi connectivity index (χ0) is 21.2. The summed E-state index contributed by atoms with van der Waals surface area (Å²) in [6.45, 7) is 3.37. The number of carboxylic acid groups (broad SMARTS) is 1. The van der Waals surface area contributed by atoms with Crippen molar-refractivity contribution in [2.75, 3.05) is 18.5 Å². The zero-order valence-corrected chi connectivity index (χ0v) is 19.1. The van der Waals surface area contributed by atoms with Gasteiger partial charge in [-0.05, 0) is 30.5 Å². The van der Waals surface area contributed by atoms with Crippen LogP contribution in [-0.2, 0) is 11.2 Å². The first-order valence-corrected chi connectivity index (χ1v) is 12.2. The van der Waals surface area contributed by atoms with E-state index < -0.39 is 5.97 Å². The number of hydrogen-bond acceptors (Lipinski definition) is 2. The molecule has 0 aliphatic carbocycles. The summed E-state index contributed by atoms with van der Waals surface area (Å²) in [5.41, 5.74) is 2.32. The van der Waals surface area contributed by atoms with E-state index in [1.807, 2.05) is 0 Å². The monoisotopic (exact) mass is 403 g/mol. The van der Waals surface area contributed by atoms with Gasteiger partial charge < -0.3 is 10.0 Å². The molecule has 0 saturated carbocycles. The van der Waals surface area contributed by atoms with E-state index >= 15 is 0 Å². The van der Waals surface area contributed by atoms with Gasteiger partial charge in [0.15, 0.2) is 0 Å². The van der Waals surface area contributed by atoms with Crippen LogP contribution >= 0.6 is 0 Å². The molecule has 1 aromatic carbocycles. The van der Waals surface area contributed by atoms with E-state index in [-0.39, 0.29) is 6.42 Å². The van der Waals surface area contributed by atoms with Crippen molar-refractivity contribution in [3.8, 4) is 0 Å². The topological polar surface area (TPSA) is 40.5 Å². The number of benzene rings is 1. The predicted molar refractivity (Wildman–Crippen MR) is 126 cm³/mol. The number of hydrogen-bond donors (Lipinski definition) is 1. The molecular formula is C26H45NO2. The van der Waals surface area contributed by atoms with Gasteiger partial charge in [0.1, 0.15) is 0 Å². The molecule has 0 fully saturated rings. The van der Waals surface area contributed by atoms with Gasteiger partial charge in [-0.1, -0.05) is 103 Å². The fourth-order valence-corrected chi connectivity index (χ4v) is 3.84. The van der Waals surface area contributed by atoms with Crippen molar-refractivity contribution in [3.63, 3.8) is 0 Å². The van der Waals surface area contributed by atoms with Crippen LogP contribution in [0.5, 0.6) is 0 Å². The molecule has 1 N–H and O–H groups in total. The highest BCUT2D eigenvalue weighted by Crippen LogP contribution is 2.17. The van der Waals surface area contributed by atoms with Crippen LogP contribution in [0.3, 0.4) is 0 Å². The van der Waals surface area contributed by atoms with E-state index in [0.717, 1.165) is 12.1 Å². The second-order valence-electron chi connectivity index (χ2n) is 8.58. The summed E-state index contributed by atoms with van der Waals surface area (Å²) in [7, 11) is 2.15. The van der Waals surface area contributed by atoms with Crippen molar-refractivity contribution in [1.82, 2.24) is 0 Å². The molecule has 1 rings (SSSR count). The molecule has 0 aliphatic heterocycles. The SMILES string of the molecule is CCCCCCCCCCCCCCCCN(C)c1ccc(CCC(=O)O)cc1. The van der Waals surface area contributed by atoms with Gasteiger partial charge in [-0.25, -0.2) is 0 Å². The van der Waals surface area contributed by atoms with E-state index in [2.05, 4.69) is 43.1 Å². The minimum Gasteiger partial charge on any atom is -0.481 e. The van der Waals surface area contributed by atoms with Crippen LogP contribution in [0.25, 0.3) is 0 Å². The number of rotatable bonds is 19. The number of nitrogens with zero attached hydrogens (tertiary/aromatic N) is 1. The Bertz CT molecular complexity index is 512. The second-order valence-corrected chi connectivity index (χ2v) is 8.58. The van der Waals surface area contributed by atoms with Gasteiger partial charge in [-0.2, -0.15) is 0 Å². The Balaban J connectivity index is 1.94. The summed E-state index contributed by atoms with van der Waals surface area (Å²) >= 11 is 0. The van der Waals surface area contributed by atoms with Gasteiger partial charge in [0.25, 0.3) is 0 Å². The molecule has 0 atom stereocenters. The maximum absolute atomic E-state index is 10.7. The molecule has 3 heteroatoms. The lowest BCUT2D eigenvalue weighted by Crippen LogP contribution is -2.18. The molecule has 0 unspecified atom stereocenters. The molecule has 0 radical (unpaired) electrons. The molecule has 0 heterocycles. The van der Waals surface area contributed by atoms with E-state index in [9.17, 15) is 4.79 Å². The third-order valence-electron chi connectivity index (χ3n) is 5.85. The van der Waals surface area contributed by atoms with Gasteiger partial charge >= 0.3 is 5.97 Å². The number of aryl methyl sites for hydroxylation is 1. The van der Waals surface area contributed by atoms with Gasteiger partial charge in [-0.15, -0.1) is 0 Å². The van der Waals surface area contributed by atoms with Gasteiger partial charge in [0.05, 0.1) is 0 Å². The van der Waals surface area contributed by atoms with Crippen molar-refractivity contribution >= 4 is 11.7 Å². The summed E-state index contributed by atoms with van der Waals surface area (Å²) in [5.74, 6) is -0.732. The zero-order valence-electron chi connectivity index (χ0n) is 19.1. The molecule has 0 spiro atoms. The van der Waals surface area contributed by atoms with Crippen LogP contribution < -0.4 is 4.90 Å². The fourth-order valence-electron chi connectivity index (χ4n) is 3.84. The van der Waals surface area contributed by atoms with Crippen molar-refractivity contribution < 1.29 is 9.90 Å². The van der Waals surface area contributed by atoms with Crippen LogP contribution in [-0.4, -0.2) is 24.7 Å². The maximum atomic E-state index is 10.7. The van der Waals surface area contributed by atoms with Gasteiger partial charge in [0.2, 0.25) is 0 Å². The number of unbranched alkanes of at least 4 members (excludes halogenated alkanes) is 13. The second kappa shape index (κ2) is 17.4. The highest BCUT2D eigenvalue weighted by Gasteiger charge is 2.03. The van der Waals surface area contributed by atoms with E-state index in [0.29, 0.717) is 6.42 Å². The molecule has 166 valence electrons. The Morgan fingerprint density at radius 1 is 0.759 bits per heavy atom.